The summed E-state index contributed by atoms with van der Waals surface area (Å²) >= 11 is 0. The molecule has 1 saturated carbocycles. The molecular weight excluding hydrogens is 328 g/mol. The van der Waals surface area contributed by atoms with E-state index in [1.165, 1.54) is 12.8 Å². The quantitative estimate of drug-likeness (QED) is 0.913. The first kappa shape index (κ1) is 16.8. The van der Waals surface area contributed by atoms with Crippen LogP contribution in [0.3, 0.4) is 0 Å². The molecule has 1 fully saturated rings. The van der Waals surface area contributed by atoms with Crippen LogP contribution < -0.4 is 15.5 Å². The first-order valence-electron chi connectivity index (χ1n) is 9.24. The zero-order valence-corrected chi connectivity index (χ0v) is 15.2. The summed E-state index contributed by atoms with van der Waals surface area (Å²) in [7, 11) is 1.81. The van der Waals surface area contributed by atoms with Crippen molar-refractivity contribution >= 4 is 23.1 Å². The van der Waals surface area contributed by atoms with E-state index in [9.17, 15) is 4.79 Å². The highest BCUT2D eigenvalue weighted by molar-refractivity contribution is 6.04. The first-order valence-corrected chi connectivity index (χ1v) is 9.24. The Balaban J connectivity index is 1.86. The molecule has 0 saturated heterocycles. The van der Waals surface area contributed by atoms with Gasteiger partial charge in [0.1, 0.15) is 11.7 Å². The van der Waals surface area contributed by atoms with Crippen LogP contribution in [-0.4, -0.2) is 40.0 Å². The van der Waals surface area contributed by atoms with Crippen molar-refractivity contribution in [3.63, 3.8) is 0 Å². The minimum absolute atomic E-state index is 0.117. The highest BCUT2D eigenvalue weighted by Crippen LogP contribution is 2.40. The summed E-state index contributed by atoms with van der Waals surface area (Å²) in [4.78, 5) is 30.2. The monoisotopic (exact) mass is 352 g/mol. The Morgan fingerprint density at radius 1 is 1.27 bits per heavy atom. The first-order chi connectivity index (χ1) is 12.6. The molecule has 2 aliphatic rings. The molecule has 0 aromatic carbocycles. The molecule has 0 bridgehead atoms. The van der Waals surface area contributed by atoms with Crippen LogP contribution in [0, 0.1) is 0 Å². The van der Waals surface area contributed by atoms with Gasteiger partial charge in [-0.25, -0.2) is 9.97 Å². The number of carbonyl (C=O) groups is 1. The van der Waals surface area contributed by atoms with E-state index in [0.29, 0.717) is 17.6 Å². The van der Waals surface area contributed by atoms with Crippen LogP contribution in [0.1, 0.15) is 39.0 Å². The minimum atomic E-state index is -0.173. The van der Waals surface area contributed by atoms with E-state index in [2.05, 4.69) is 21.8 Å². The maximum Gasteiger partial charge on any atom is 0.249 e. The lowest BCUT2D eigenvalue weighted by Gasteiger charge is -2.43. The fourth-order valence-corrected chi connectivity index (χ4v) is 4.12. The molecule has 7 heteroatoms. The number of hydrogen-bond acceptors (Lipinski definition) is 6. The molecule has 0 radical (unpaired) electrons. The van der Waals surface area contributed by atoms with E-state index in [4.69, 9.17) is 10.7 Å². The largest absolute Gasteiger partial charge is 0.397 e. The van der Waals surface area contributed by atoms with E-state index in [-0.39, 0.29) is 11.9 Å². The third-order valence-electron chi connectivity index (χ3n) is 5.50. The summed E-state index contributed by atoms with van der Waals surface area (Å²) in [6.45, 7) is 2.06. The Hall–Kier alpha value is -2.70. The molecule has 2 aromatic heterocycles. The minimum Gasteiger partial charge on any atom is -0.397 e. The molecule has 2 N–H and O–H groups in total. The summed E-state index contributed by atoms with van der Waals surface area (Å²) < 4.78 is 0. The topological polar surface area (TPSA) is 88.2 Å². The summed E-state index contributed by atoms with van der Waals surface area (Å²) in [6.07, 6.45) is 10.4. The van der Waals surface area contributed by atoms with Gasteiger partial charge in [0.05, 0.1) is 18.1 Å². The third kappa shape index (κ3) is 2.58. The van der Waals surface area contributed by atoms with Gasteiger partial charge >= 0.3 is 0 Å². The number of fused-ring (bicyclic) bond motifs is 1. The summed E-state index contributed by atoms with van der Waals surface area (Å²) in [6, 6.07) is 2.01. The summed E-state index contributed by atoms with van der Waals surface area (Å²) in [5.74, 6) is 1.53. The van der Waals surface area contributed by atoms with Crippen molar-refractivity contribution in [3.05, 3.63) is 24.7 Å². The predicted molar refractivity (Wildman–Crippen MR) is 102 cm³/mol. The molecular formula is C19H24N6O. The van der Waals surface area contributed by atoms with Crippen LogP contribution in [-0.2, 0) is 4.79 Å². The average molecular weight is 352 g/mol. The number of nitrogens with two attached hydrogens (primary N) is 1. The van der Waals surface area contributed by atoms with Crippen molar-refractivity contribution in [1.29, 1.82) is 0 Å². The number of nitrogens with zero attached hydrogens (tertiary/aromatic N) is 5. The Kier molecular flexibility index (Phi) is 4.22. The van der Waals surface area contributed by atoms with Crippen LogP contribution in [0.15, 0.2) is 24.7 Å². The molecule has 0 spiro atoms. The second kappa shape index (κ2) is 6.55. The van der Waals surface area contributed by atoms with Gasteiger partial charge in [0.2, 0.25) is 5.91 Å². The fraction of sp³-hybridized carbons (Fsp3) is 0.474. The van der Waals surface area contributed by atoms with Crippen LogP contribution >= 0.6 is 0 Å². The highest BCUT2D eigenvalue weighted by Gasteiger charge is 2.41. The third-order valence-corrected chi connectivity index (χ3v) is 5.50. The van der Waals surface area contributed by atoms with Crippen molar-refractivity contribution in [1.82, 2.24) is 15.0 Å². The summed E-state index contributed by atoms with van der Waals surface area (Å²) in [5.41, 5.74) is 8.15. The Morgan fingerprint density at radius 3 is 2.73 bits per heavy atom. The van der Waals surface area contributed by atoms with Crippen LogP contribution in [0.5, 0.6) is 0 Å². The Morgan fingerprint density at radius 2 is 2.04 bits per heavy atom. The van der Waals surface area contributed by atoms with Gasteiger partial charge in [0.25, 0.3) is 0 Å². The number of hydrogen-bond donors (Lipinski definition) is 1. The number of pyridine rings is 1. The molecule has 1 unspecified atom stereocenters. The zero-order chi connectivity index (χ0) is 18.3. The standard InChI is InChI=1S/C19H24N6O/c1-3-15-19(26)24(2)16-11-22-17(13-8-9-21-10-14(13)20)23-18(16)25(15)12-6-4-5-7-12/h8-12,15H,3-7,20H2,1-2H3. The van der Waals surface area contributed by atoms with Gasteiger partial charge in [-0.15, -0.1) is 0 Å². The van der Waals surface area contributed by atoms with Gasteiger partial charge in [-0.05, 0) is 25.3 Å². The van der Waals surface area contributed by atoms with Crippen molar-refractivity contribution in [2.75, 3.05) is 22.6 Å². The van der Waals surface area contributed by atoms with E-state index in [1.54, 1.807) is 30.5 Å². The van der Waals surface area contributed by atoms with Crippen molar-refractivity contribution < 1.29 is 4.79 Å². The van der Waals surface area contributed by atoms with Crippen molar-refractivity contribution in [3.8, 4) is 11.4 Å². The fourth-order valence-electron chi connectivity index (χ4n) is 4.12. The van der Waals surface area contributed by atoms with E-state index < -0.39 is 0 Å². The number of nitrogen functional groups attached to an aromatic ring is 1. The highest BCUT2D eigenvalue weighted by atomic mass is 16.2. The van der Waals surface area contributed by atoms with Gasteiger partial charge in [-0.1, -0.05) is 19.8 Å². The molecule has 1 amide bonds. The molecule has 1 aliphatic carbocycles. The number of anilines is 3. The smallest absolute Gasteiger partial charge is 0.249 e. The van der Waals surface area contributed by atoms with Crippen molar-refractivity contribution in [2.24, 2.45) is 0 Å². The lowest BCUT2D eigenvalue weighted by atomic mass is 10.0. The Labute approximate surface area is 153 Å². The molecule has 3 heterocycles. The molecule has 26 heavy (non-hydrogen) atoms. The maximum absolute atomic E-state index is 12.9. The molecule has 136 valence electrons. The van der Waals surface area contributed by atoms with Gasteiger partial charge in [0, 0.05) is 24.8 Å². The average Bonchev–Trinajstić information content (AvgIpc) is 3.18. The number of carbonyl (C=O) groups excluding carboxylic acids is 1. The van der Waals surface area contributed by atoms with Gasteiger partial charge in [-0.2, -0.15) is 0 Å². The molecule has 4 rings (SSSR count). The lowest BCUT2D eigenvalue weighted by Crippen LogP contribution is -2.55. The van der Waals surface area contributed by atoms with Gasteiger partial charge in [-0.3, -0.25) is 9.78 Å². The van der Waals surface area contributed by atoms with Gasteiger partial charge in [0.15, 0.2) is 11.6 Å². The second-order valence-electron chi connectivity index (χ2n) is 7.03. The van der Waals surface area contributed by atoms with Crippen molar-refractivity contribution in [2.45, 2.75) is 51.1 Å². The summed E-state index contributed by atoms with van der Waals surface area (Å²) in [5, 5.41) is 0. The molecule has 1 aliphatic heterocycles. The van der Waals surface area contributed by atoms with E-state index in [1.807, 2.05) is 6.07 Å². The maximum atomic E-state index is 12.9. The number of amides is 1. The Bertz CT molecular complexity index is 833. The number of likely N-dealkylation sites (N-methyl/N-ethyl adjacent to an activating group) is 1. The molecule has 7 nitrogen and oxygen atoms in total. The predicted octanol–water partition coefficient (Wildman–Crippen LogP) is 2.62. The van der Waals surface area contributed by atoms with Crippen LogP contribution in [0.2, 0.25) is 0 Å². The normalized spacial score (nSPS) is 20.5. The lowest BCUT2D eigenvalue weighted by molar-refractivity contribution is -0.120. The second-order valence-corrected chi connectivity index (χ2v) is 7.03. The SMILES string of the molecule is CCC1C(=O)N(C)c2cnc(-c3ccncc3N)nc2N1C1CCCC1. The molecule has 2 aromatic rings. The number of rotatable bonds is 3. The van der Waals surface area contributed by atoms with Gasteiger partial charge < -0.3 is 15.5 Å². The van der Waals surface area contributed by atoms with E-state index in [0.717, 1.165) is 36.3 Å². The van der Waals surface area contributed by atoms with Crippen LogP contribution in [0.4, 0.5) is 17.2 Å². The molecule has 1 atom stereocenters. The zero-order valence-electron chi connectivity index (χ0n) is 15.2. The van der Waals surface area contributed by atoms with Crippen LogP contribution in [0.25, 0.3) is 11.4 Å². The number of aromatic nitrogens is 3. The van der Waals surface area contributed by atoms with E-state index >= 15 is 0 Å².